The number of nitrogens with zero attached hydrogens (tertiary/aromatic N) is 2. The Hall–Kier alpha value is -2.77. The van der Waals surface area contributed by atoms with Gasteiger partial charge in [-0.2, -0.15) is 4.39 Å². The Kier molecular flexibility index (Phi) is 4.27. The number of aromatic nitrogens is 1. The first-order valence-electron chi connectivity index (χ1n) is 5.90. The minimum Gasteiger partial charge on any atom is -0.486 e. The lowest BCUT2D eigenvalue weighted by molar-refractivity contribution is -0.387. The average Bonchev–Trinajstić information content (AvgIpc) is 2.47. The summed E-state index contributed by atoms with van der Waals surface area (Å²) in [5.41, 5.74) is -0.242. The molecule has 0 spiro atoms. The molecule has 0 radical (unpaired) electrons. The highest BCUT2D eigenvalue weighted by Crippen LogP contribution is 2.27. The Labute approximate surface area is 118 Å². The van der Waals surface area contributed by atoms with E-state index in [1.165, 1.54) is 6.20 Å². The van der Waals surface area contributed by atoms with Gasteiger partial charge >= 0.3 is 5.69 Å². The van der Waals surface area contributed by atoms with Crippen molar-refractivity contribution in [3.63, 3.8) is 0 Å². The molecule has 8 heteroatoms. The molecule has 0 unspecified atom stereocenters. The summed E-state index contributed by atoms with van der Waals surface area (Å²) in [6.45, 7) is -0.0224. The quantitative estimate of drug-likeness (QED) is 0.678. The van der Waals surface area contributed by atoms with Crippen molar-refractivity contribution in [3.05, 3.63) is 57.8 Å². The molecule has 1 heterocycles. The third kappa shape index (κ3) is 3.41. The van der Waals surface area contributed by atoms with Crippen molar-refractivity contribution >= 4 is 11.5 Å². The number of halogens is 2. The van der Waals surface area contributed by atoms with E-state index in [0.717, 1.165) is 0 Å². The van der Waals surface area contributed by atoms with E-state index >= 15 is 0 Å². The second kappa shape index (κ2) is 6.12. The van der Waals surface area contributed by atoms with E-state index in [0.29, 0.717) is 23.5 Å². The Morgan fingerprint density at radius 1 is 1.33 bits per heavy atom. The number of benzene rings is 1. The summed E-state index contributed by atoms with van der Waals surface area (Å²) in [5.74, 6) is -1.93. The first-order chi connectivity index (χ1) is 10.0. The summed E-state index contributed by atoms with van der Waals surface area (Å²) in [6.07, 6.45) is 1.54. The number of ether oxygens (including phenoxy) is 1. The molecular formula is C13H11F2N3O3. The zero-order valence-corrected chi connectivity index (χ0v) is 11.0. The largest absolute Gasteiger partial charge is 0.486 e. The van der Waals surface area contributed by atoms with Crippen LogP contribution in [-0.4, -0.2) is 17.0 Å². The van der Waals surface area contributed by atoms with Crippen LogP contribution in [0.5, 0.6) is 5.75 Å². The lowest BCUT2D eigenvalue weighted by atomic mass is 10.2. The molecule has 0 atom stereocenters. The van der Waals surface area contributed by atoms with Gasteiger partial charge in [-0.25, -0.2) is 9.37 Å². The Morgan fingerprint density at radius 2 is 2.10 bits per heavy atom. The predicted molar refractivity (Wildman–Crippen MR) is 71.1 cm³/mol. The van der Waals surface area contributed by atoms with Crippen molar-refractivity contribution in [3.8, 4) is 5.75 Å². The van der Waals surface area contributed by atoms with Crippen LogP contribution in [0.15, 0.2) is 30.5 Å². The predicted octanol–water partition coefficient (Wildman–Crippen LogP) is 2.89. The molecule has 1 aromatic heterocycles. The van der Waals surface area contributed by atoms with Gasteiger partial charge in [0, 0.05) is 19.3 Å². The van der Waals surface area contributed by atoms with Crippen molar-refractivity contribution in [2.24, 2.45) is 0 Å². The van der Waals surface area contributed by atoms with Gasteiger partial charge in [0.15, 0.2) is 11.6 Å². The molecule has 110 valence electrons. The molecule has 1 aromatic carbocycles. The molecule has 0 aliphatic heterocycles. The molecule has 1 N–H and O–H groups in total. The van der Waals surface area contributed by atoms with Gasteiger partial charge in [0.2, 0.25) is 5.82 Å². The first-order valence-corrected chi connectivity index (χ1v) is 5.90. The number of hydrogen-bond acceptors (Lipinski definition) is 5. The number of nitro benzene ring substituents is 1. The van der Waals surface area contributed by atoms with Gasteiger partial charge < -0.3 is 10.1 Å². The van der Waals surface area contributed by atoms with E-state index in [4.69, 9.17) is 4.74 Å². The molecule has 0 amide bonds. The Balaban J connectivity index is 2.16. The van der Waals surface area contributed by atoms with E-state index in [1.54, 1.807) is 19.2 Å². The molecular weight excluding hydrogens is 284 g/mol. The average molecular weight is 295 g/mol. The highest BCUT2D eigenvalue weighted by molar-refractivity contribution is 5.40. The summed E-state index contributed by atoms with van der Waals surface area (Å²) in [6, 6.07) is 4.49. The lowest BCUT2D eigenvalue weighted by Gasteiger charge is -2.08. The SMILES string of the molecule is CNc1cc(COc2cc(F)c([N+](=O)[O-])cc2F)ccn1. The van der Waals surface area contributed by atoms with E-state index in [-0.39, 0.29) is 12.4 Å². The van der Waals surface area contributed by atoms with Gasteiger partial charge in [0.05, 0.1) is 11.0 Å². The molecule has 2 rings (SSSR count). The van der Waals surface area contributed by atoms with Crippen LogP contribution in [0.1, 0.15) is 5.56 Å². The summed E-state index contributed by atoms with van der Waals surface area (Å²) in [5, 5.41) is 13.3. The Morgan fingerprint density at radius 3 is 2.76 bits per heavy atom. The van der Waals surface area contributed by atoms with Crippen molar-refractivity contribution in [1.29, 1.82) is 0 Å². The maximum atomic E-state index is 13.6. The van der Waals surface area contributed by atoms with Crippen LogP contribution in [0, 0.1) is 21.7 Å². The van der Waals surface area contributed by atoms with Crippen LogP contribution in [-0.2, 0) is 6.61 Å². The second-order valence-corrected chi connectivity index (χ2v) is 4.08. The second-order valence-electron chi connectivity index (χ2n) is 4.08. The summed E-state index contributed by atoms with van der Waals surface area (Å²) in [7, 11) is 1.69. The summed E-state index contributed by atoms with van der Waals surface area (Å²) < 4.78 is 32.2. The fourth-order valence-electron chi connectivity index (χ4n) is 1.63. The summed E-state index contributed by atoms with van der Waals surface area (Å²) in [4.78, 5) is 13.5. The zero-order chi connectivity index (χ0) is 15.4. The van der Waals surface area contributed by atoms with Crippen molar-refractivity contribution in [2.45, 2.75) is 6.61 Å². The number of hydrogen-bond donors (Lipinski definition) is 1. The van der Waals surface area contributed by atoms with Crippen LogP contribution >= 0.6 is 0 Å². The molecule has 2 aromatic rings. The van der Waals surface area contributed by atoms with E-state index in [2.05, 4.69) is 10.3 Å². The Bertz CT molecular complexity index is 680. The van der Waals surface area contributed by atoms with Crippen molar-refractivity contribution in [1.82, 2.24) is 4.98 Å². The third-order valence-electron chi connectivity index (χ3n) is 2.67. The smallest absolute Gasteiger partial charge is 0.307 e. The van der Waals surface area contributed by atoms with Crippen LogP contribution in [0.4, 0.5) is 20.3 Å². The topological polar surface area (TPSA) is 77.3 Å². The lowest BCUT2D eigenvalue weighted by Crippen LogP contribution is -2.01. The van der Waals surface area contributed by atoms with Crippen molar-refractivity contribution < 1.29 is 18.4 Å². The third-order valence-corrected chi connectivity index (χ3v) is 2.67. The van der Waals surface area contributed by atoms with Crippen LogP contribution in [0.3, 0.4) is 0 Å². The number of rotatable bonds is 5. The number of nitro groups is 1. The van der Waals surface area contributed by atoms with Crippen LogP contribution in [0.25, 0.3) is 0 Å². The zero-order valence-electron chi connectivity index (χ0n) is 11.0. The molecule has 0 fully saturated rings. The number of pyridine rings is 1. The highest BCUT2D eigenvalue weighted by Gasteiger charge is 2.19. The monoisotopic (exact) mass is 295 g/mol. The van der Waals surface area contributed by atoms with Gasteiger partial charge in [-0.05, 0) is 17.7 Å². The highest BCUT2D eigenvalue weighted by atomic mass is 19.1. The van der Waals surface area contributed by atoms with E-state index < -0.39 is 22.2 Å². The summed E-state index contributed by atoms with van der Waals surface area (Å²) >= 11 is 0. The van der Waals surface area contributed by atoms with E-state index in [1.807, 2.05) is 0 Å². The number of anilines is 1. The van der Waals surface area contributed by atoms with Gasteiger partial charge in [0.1, 0.15) is 12.4 Å². The number of nitrogens with one attached hydrogen (secondary N) is 1. The van der Waals surface area contributed by atoms with E-state index in [9.17, 15) is 18.9 Å². The fraction of sp³-hybridized carbons (Fsp3) is 0.154. The van der Waals surface area contributed by atoms with Gasteiger partial charge in [-0.3, -0.25) is 10.1 Å². The molecule has 0 saturated carbocycles. The standard InChI is InChI=1S/C13H11F2N3O3/c1-16-13-4-8(2-3-17-13)7-21-12-6-9(14)11(18(19)20)5-10(12)15/h2-6H,7H2,1H3,(H,16,17). The van der Waals surface area contributed by atoms with Gasteiger partial charge in [-0.15, -0.1) is 0 Å². The van der Waals surface area contributed by atoms with Crippen molar-refractivity contribution in [2.75, 3.05) is 12.4 Å². The maximum absolute atomic E-state index is 13.6. The van der Waals surface area contributed by atoms with Crippen LogP contribution in [0.2, 0.25) is 0 Å². The molecule has 21 heavy (non-hydrogen) atoms. The molecule has 0 saturated heterocycles. The minimum absolute atomic E-state index is 0.0224. The van der Waals surface area contributed by atoms with Gasteiger partial charge in [0.25, 0.3) is 0 Å². The van der Waals surface area contributed by atoms with Crippen LogP contribution < -0.4 is 10.1 Å². The van der Waals surface area contributed by atoms with Gasteiger partial charge in [-0.1, -0.05) is 0 Å². The fourth-order valence-corrected chi connectivity index (χ4v) is 1.63. The molecule has 0 aliphatic carbocycles. The minimum atomic E-state index is -1.15. The molecule has 0 bridgehead atoms. The molecule has 6 nitrogen and oxygen atoms in total. The maximum Gasteiger partial charge on any atom is 0.307 e. The normalized spacial score (nSPS) is 10.2. The molecule has 0 aliphatic rings. The first kappa shape index (κ1) is 14.6.